The number of carbonyl (C=O) groups is 2. The van der Waals surface area contributed by atoms with E-state index in [-0.39, 0.29) is 12.3 Å². The zero-order valence-corrected chi connectivity index (χ0v) is 14.3. The number of amides is 1. The summed E-state index contributed by atoms with van der Waals surface area (Å²) in [6.45, 7) is 0. The van der Waals surface area contributed by atoms with Crippen molar-refractivity contribution >= 4 is 39.9 Å². The van der Waals surface area contributed by atoms with E-state index >= 15 is 0 Å². The molecule has 3 rings (SSSR count). The number of carbonyl (C=O) groups excluding carboxylic acids is 1. The van der Waals surface area contributed by atoms with Gasteiger partial charge >= 0.3 is 5.97 Å². The molecule has 2 aromatic heterocycles. The first-order valence-electron chi connectivity index (χ1n) is 7.22. The van der Waals surface area contributed by atoms with Gasteiger partial charge in [0.2, 0.25) is 0 Å². The van der Waals surface area contributed by atoms with Gasteiger partial charge < -0.3 is 5.11 Å². The van der Waals surface area contributed by atoms with Crippen LogP contribution in [0.5, 0.6) is 0 Å². The Morgan fingerprint density at radius 3 is 2.44 bits per heavy atom. The van der Waals surface area contributed by atoms with E-state index < -0.39 is 5.97 Å². The van der Waals surface area contributed by atoms with Crippen molar-refractivity contribution in [3.63, 3.8) is 0 Å². The number of aromatic nitrogens is 2. The van der Waals surface area contributed by atoms with Gasteiger partial charge in [-0.05, 0) is 24.3 Å². The van der Waals surface area contributed by atoms with Gasteiger partial charge in [0, 0.05) is 33.4 Å². The van der Waals surface area contributed by atoms with E-state index in [4.69, 9.17) is 16.7 Å². The number of hydrogen-bond acceptors (Lipinski definition) is 5. The van der Waals surface area contributed by atoms with E-state index in [0.717, 1.165) is 16.9 Å². The summed E-state index contributed by atoms with van der Waals surface area (Å²) in [5, 5.41) is 12.7. The largest absolute Gasteiger partial charge is 0.481 e. The van der Waals surface area contributed by atoms with Crippen LogP contribution in [0.3, 0.4) is 0 Å². The average molecular weight is 374 g/mol. The second-order valence-electron chi connectivity index (χ2n) is 5.06. The van der Waals surface area contributed by atoms with Crippen molar-refractivity contribution in [1.29, 1.82) is 0 Å². The van der Waals surface area contributed by atoms with Gasteiger partial charge in [0.25, 0.3) is 5.91 Å². The number of thiazole rings is 1. The lowest BCUT2D eigenvalue weighted by atomic mass is 10.1. The Kier molecular flexibility index (Phi) is 5.06. The maximum Gasteiger partial charge on any atom is 0.308 e. The highest BCUT2D eigenvalue weighted by molar-refractivity contribution is 7.16. The van der Waals surface area contributed by atoms with Crippen molar-refractivity contribution < 1.29 is 14.7 Å². The average Bonchev–Trinajstić information content (AvgIpc) is 2.98. The van der Waals surface area contributed by atoms with Gasteiger partial charge in [-0.3, -0.25) is 19.9 Å². The van der Waals surface area contributed by atoms with Crippen molar-refractivity contribution in [3.05, 3.63) is 64.3 Å². The van der Waals surface area contributed by atoms with E-state index in [1.165, 1.54) is 12.4 Å². The van der Waals surface area contributed by atoms with Gasteiger partial charge in [0.05, 0.1) is 12.1 Å². The number of anilines is 1. The van der Waals surface area contributed by atoms with Crippen molar-refractivity contribution in [2.24, 2.45) is 0 Å². The molecule has 0 atom stereocenters. The quantitative estimate of drug-likeness (QED) is 0.710. The Hall–Kier alpha value is -2.77. The summed E-state index contributed by atoms with van der Waals surface area (Å²) in [6, 6.07) is 10.1. The topological polar surface area (TPSA) is 92.2 Å². The molecule has 0 saturated heterocycles. The molecular formula is C17H12ClN3O3S. The predicted octanol–water partition coefficient (Wildman–Crippen LogP) is 3.74. The van der Waals surface area contributed by atoms with Crippen LogP contribution in [0.15, 0.2) is 48.8 Å². The minimum absolute atomic E-state index is 0.180. The second-order valence-corrected chi connectivity index (χ2v) is 6.58. The highest BCUT2D eigenvalue weighted by atomic mass is 35.5. The molecule has 6 nitrogen and oxygen atoms in total. The molecule has 0 bridgehead atoms. The molecule has 0 saturated carbocycles. The smallest absolute Gasteiger partial charge is 0.308 e. The first kappa shape index (κ1) is 17.1. The van der Waals surface area contributed by atoms with E-state index in [1.807, 2.05) is 0 Å². The van der Waals surface area contributed by atoms with Crippen LogP contribution in [-0.4, -0.2) is 27.0 Å². The third kappa shape index (κ3) is 4.20. The van der Waals surface area contributed by atoms with E-state index in [0.29, 0.717) is 26.3 Å². The molecule has 2 N–H and O–H groups in total. The van der Waals surface area contributed by atoms with Crippen LogP contribution >= 0.6 is 22.9 Å². The van der Waals surface area contributed by atoms with Crippen molar-refractivity contribution in [3.8, 4) is 11.3 Å². The molecule has 0 spiro atoms. The molecule has 0 fully saturated rings. The molecule has 3 aromatic rings. The van der Waals surface area contributed by atoms with Crippen LogP contribution < -0.4 is 5.32 Å². The number of benzene rings is 1. The van der Waals surface area contributed by atoms with Crippen LogP contribution in [0, 0.1) is 0 Å². The van der Waals surface area contributed by atoms with E-state index in [1.54, 1.807) is 36.4 Å². The molecular weight excluding hydrogens is 362 g/mol. The van der Waals surface area contributed by atoms with E-state index in [9.17, 15) is 9.59 Å². The first-order valence-corrected chi connectivity index (χ1v) is 8.41. The summed E-state index contributed by atoms with van der Waals surface area (Å²) < 4.78 is 0. The third-order valence-electron chi connectivity index (χ3n) is 3.29. The zero-order chi connectivity index (χ0) is 17.8. The third-order valence-corrected chi connectivity index (χ3v) is 4.51. The molecule has 1 amide bonds. The number of nitrogens with zero attached hydrogens (tertiary/aromatic N) is 2. The minimum atomic E-state index is -0.967. The fraction of sp³-hybridized carbons (Fsp3) is 0.0588. The summed E-state index contributed by atoms with van der Waals surface area (Å²) in [5.74, 6) is -1.30. The van der Waals surface area contributed by atoms with Crippen molar-refractivity contribution in [1.82, 2.24) is 9.97 Å². The van der Waals surface area contributed by atoms with Gasteiger partial charge in [0.15, 0.2) is 5.13 Å². The fourth-order valence-corrected chi connectivity index (χ4v) is 3.26. The van der Waals surface area contributed by atoms with Gasteiger partial charge in [-0.15, -0.1) is 11.3 Å². The molecule has 2 heterocycles. The number of carboxylic acid groups (broad SMARTS) is 1. The molecule has 0 unspecified atom stereocenters. The maximum absolute atomic E-state index is 12.2. The van der Waals surface area contributed by atoms with Crippen LogP contribution in [0.25, 0.3) is 11.3 Å². The number of pyridine rings is 1. The second kappa shape index (κ2) is 7.42. The molecule has 1 aromatic carbocycles. The van der Waals surface area contributed by atoms with Crippen molar-refractivity contribution in [2.45, 2.75) is 6.42 Å². The molecule has 0 radical (unpaired) electrons. The Balaban J connectivity index is 1.91. The number of nitrogens with one attached hydrogen (secondary N) is 1. The predicted molar refractivity (Wildman–Crippen MR) is 96.1 cm³/mol. The molecule has 0 aliphatic carbocycles. The molecule has 0 aliphatic heterocycles. The van der Waals surface area contributed by atoms with Gasteiger partial charge in [-0.1, -0.05) is 23.7 Å². The summed E-state index contributed by atoms with van der Waals surface area (Å²) >= 11 is 7.03. The Morgan fingerprint density at radius 1 is 1.12 bits per heavy atom. The van der Waals surface area contributed by atoms with Crippen LogP contribution in [0.4, 0.5) is 5.13 Å². The first-order chi connectivity index (χ1) is 12.0. The minimum Gasteiger partial charge on any atom is -0.481 e. The number of hydrogen-bond donors (Lipinski definition) is 2. The van der Waals surface area contributed by atoms with Crippen LogP contribution in [0.2, 0.25) is 5.02 Å². The standard InChI is InChI=1S/C17H12ClN3O3S/c18-12-3-1-10(2-4-12)15-13(9-14(22)23)25-17(20-15)21-16(24)11-5-7-19-8-6-11/h1-8H,9H2,(H,22,23)(H,20,21,24). The van der Waals surface area contributed by atoms with Crippen LogP contribution in [-0.2, 0) is 11.2 Å². The van der Waals surface area contributed by atoms with Gasteiger partial charge in [-0.2, -0.15) is 0 Å². The van der Waals surface area contributed by atoms with Gasteiger partial charge in [-0.25, -0.2) is 4.98 Å². The van der Waals surface area contributed by atoms with Gasteiger partial charge in [0.1, 0.15) is 0 Å². The lowest BCUT2D eigenvalue weighted by Gasteiger charge is -2.01. The highest BCUT2D eigenvalue weighted by Crippen LogP contribution is 2.32. The number of aliphatic carboxylic acids is 1. The lowest BCUT2D eigenvalue weighted by Crippen LogP contribution is -2.11. The number of halogens is 1. The SMILES string of the molecule is O=C(O)Cc1sc(NC(=O)c2ccncc2)nc1-c1ccc(Cl)cc1. The summed E-state index contributed by atoms with van der Waals surface area (Å²) in [7, 11) is 0. The highest BCUT2D eigenvalue weighted by Gasteiger charge is 2.17. The maximum atomic E-state index is 12.2. The Bertz CT molecular complexity index is 911. The molecule has 0 aliphatic rings. The van der Waals surface area contributed by atoms with Crippen LogP contribution in [0.1, 0.15) is 15.2 Å². The van der Waals surface area contributed by atoms with E-state index in [2.05, 4.69) is 15.3 Å². The fourth-order valence-electron chi connectivity index (χ4n) is 2.17. The Labute approximate surface area is 152 Å². The zero-order valence-electron chi connectivity index (χ0n) is 12.8. The molecule has 25 heavy (non-hydrogen) atoms. The monoisotopic (exact) mass is 373 g/mol. The lowest BCUT2D eigenvalue weighted by molar-refractivity contribution is -0.136. The summed E-state index contributed by atoms with van der Waals surface area (Å²) in [4.78, 5) is 32.2. The molecule has 126 valence electrons. The normalized spacial score (nSPS) is 10.4. The molecule has 8 heteroatoms. The number of carboxylic acids is 1. The number of rotatable bonds is 5. The Morgan fingerprint density at radius 2 is 1.80 bits per heavy atom. The summed E-state index contributed by atoms with van der Waals surface area (Å²) in [5.41, 5.74) is 1.70. The summed E-state index contributed by atoms with van der Waals surface area (Å²) in [6.07, 6.45) is 2.86. The van der Waals surface area contributed by atoms with Crippen molar-refractivity contribution in [2.75, 3.05) is 5.32 Å².